The number of nitrogens with zero attached hydrogens (tertiary/aromatic N) is 1. The van der Waals surface area contributed by atoms with Crippen molar-refractivity contribution in [1.29, 1.82) is 0 Å². The lowest BCUT2D eigenvalue weighted by molar-refractivity contribution is -0.0441. The van der Waals surface area contributed by atoms with E-state index in [1.165, 1.54) is 5.56 Å². The summed E-state index contributed by atoms with van der Waals surface area (Å²) >= 11 is 3.54. The zero-order valence-corrected chi connectivity index (χ0v) is 18.6. The van der Waals surface area contributed by atoms with Crippen LogP contribution in [0.25, 0.3) is 0 Å². The summed E-state index contributed by atoms with van der Waals surface area (Å²) in [4.78, 5) is 2.26. The molecule has 0 aromatic heterocycles. The van der Waals surface area contributed by atoms with Crippen molar-refractivity contribution in [1.82, 2.24) is 0 Å². The van der Waals surface area contributed by atoms with Gasteiger partial charge in [0.2, 0.25) is 0 Å². The predicted molar refractivity (Wildman–Crippen MR) is 122 cm³/mol. The second kappa shape index (κ2) is 8.31. The molecule has 1 saturated heterocycles. The summed E-state index contributed by atoms with van der Waals surface area (Å²) in [6, 6.07) is 25.6. The lowest BCUT2D eigenvalue weighted by Gasteiger charge is -2.27. The van der Waals surface area contributed by atoms with Gasteiger partial charge in [0.15, 0.2) is 6.29 Å². The van der Waals surface area contributed by atoms with E-state index in [1.807, 2.05) is 0 Å². The molecule has 4 rings (SSSR count). The van der Waals surface area contributed by atoms with Crippen molar-refractivity contribution >= 4 is 33.0 Å². The van der Waals surface area contributed by atoms with Crippen LogP contribution >= 0.6 is 15.9 Å². The van der Waals surface area contributed by atoms with Gasteiger partial charge in [0.25, 0.3) is 0 Å². The highest BCUT2D eigenvalue weighted by molar-refractivity contribution is 9.10. The molecule has 0 bridgehead atoms. The summed E-state index contributed by atoms with van der Waals surface area (Å²) in [7, 11) is 0. The van der Waals surface area contributed by atoms with Crippen LogP contribution in [0.3, 0.4) is 0 Å². The molecule has 0 spiro atoms. The maximum Gasteiger partial charge on any atom is 0.184 e. The van der Waals surface area contributed by atoms with E-state index < -0.39 is 0 Å². The largest absolute Gasteiger partial charge is 0.346 e. The van der Waals surface area contributed by atoms with Crippen molar-refractivity contribution in [3.8, 4) is 0 Å². The molecule has 0 atom stereocenters. The number of hydrogen-bond donors (Lipinski definition) is 0. The minimum atomic E-state index is -0.253. The topological polar surface area (TPSA) is 21.7 Å². The zero-order chi connectivity index (χ0) is 20.4. The van der Waals surface area contributed by atoms with Crippen LogP contribution < -0.4 is 4.90 Å². The second-order valence-electron chi connectivity index (χ2n) is 8.27. The average molecular weight is 452 g/mol. The first-order valence-corrected chi connectivity index (χ1v) is 10.7. The van der Waals surface area contributed by atoms with Gasteiger partial charge in [0, 0.05) is 27.1 Å². The molecule has 150 valence electrons. The third kappa shape index (κ3) is 4.55. The van der Waals surface area contributed by atoms with Crippen molar-refractivity contribution in [3.63, 3.8) is 0 Å². The highest BCUT2D eigenvalue weighted by Gasteiger charge is 2.20. The molecule has 1 heterocycles. The van der Waals surface area contributed by atoms with Crippen molar-refractivity contribution < 1.29 is 9.47 Å². The molecule has 1 fully saturated rings. The third-order valence-corrected chi connectivity index (χ3v) is 5.65. The summed E-state index contributed by atoms with van der Waals surface area (Å²) in [5.74, 6) is 0. The van der Waals surface area contributed by atoms with Crippen LogP contribution in [0.4, 0.5) is 17.1 Å². The molecule has 1 aliphatic heterocycles. The minimum Gasteiger partial charge on any atom is -0.346 e. The number of halogens is 1. The zero-order valence-electron chi connectivity index (χ0n) is 17.1. The lowest BCUT2D eigenvalue weighted by atomic mass is 9.87. The van der Waals surface area contributed by atoms with E-state index in [2.05, 4.69) is 114 Å². The summed E-state index contributed by atoms with van der Waals surface area (Å²) in [5, 5.41) is 0. The Morgan fingerprint density at radius 3 is 1.66 bits per heavy atom. The first-order chi connectivity index (χ1) is 13.9. The Morgan fingerprint density at radius 2 is 1.17 bits per heavy atom. The molecule has 0 N–H and O–H groups in total. The molecule has 0 aliphatic carbocycles. The fraction of sp³-hybridized carbons (Fsp3) is 0.280. The van der Waals surface area contributed by atoms with Crippen molar-refractivity contribution in [2.45, 2.75) is 32.5 Å². The van der Waals surface area contributed by atoms with Crippen LogP contribution in [0, 0.1) is 0 Å². The van der Waals surface area contributed by atoms with Gasteiger partial charge in [-0.05, 0) is 59.5 Å². The molecule has 1 aliphatic rings. The Kier molecular flexibility index (Phi) is 5.77. The number of ether oxygens (including phenoxy) is 2. The maximum atomic E-state index is 5.63. The molecule has 29 heavy (non-hydrogen) atoms. The fourth-order valence-electron chi connectivity index (χ4n) is 3.48. The van der Waals surface area contributed by atoms with Crippen molar-refractivity contribution in [3.05, 3.63) is 88.4 Å². The van der Waals surface area contributed by atoms with Gasteiger partial charge >= 0.3 is 0 Å². The van der Waals surface area contributed by atoms with Gasteiger partial charge in [0.1, 0.15) is 0 Å². The molecule has 0 unspecified atom stereocenters. The van der Waals surface area contributed by atoms with E-state index in [9.17, 15) is 0 Å². The van der Waals surface area contributed by atoms with Gasteiger partial charge in [-0.3, -0.25) is 0 Å². The Morgan fingerprint density at radius 1 is 0.724 bits per heavy atom. The van der Waals surface area contributed by atoms with Crippen molar-refractivity contribution in [2.75, 3.05) is 18.1 Å². The van der Waals surface area contributed by atoms with E-state index >= 15 is 0 Å². The summed E-state index contributed by atoms with van der Waals surface area (Å²) in [6.07, 6.45) is -0.253. The van der Waals surface area contributed by atoms with Gasteiger partial charge in [-0.1, -0.05) is 61.0 Å². The number of rotatable bonds is 4. The molecule has 4 heteroatoms. The SMILES string of the molecule is CC(C)(C)c1ccc(N(c2ccc(Br)cc2)c2ccc(C3OCCO3)cc2)cc1. The second-order valence-corrected chi connectivity index (χ2v) is 9.19. The molecule has 0 saturated carbocycles. The number of anilines is 3. The lowest BCUT2D eigenvalue weighted by Crippen LogP contribution is -2.13. The number of hydrogen-bond acceptors (Lipinski definition) is 3. The minimum absolute atomic E-state index is 0.129. The quantitative estimate of drug-likeness (QED) is 0.416. The third-order valence-electron chi connectivity index (χ3n) is 5.12. The molecule has 3 aromatic rings. The van der Waals surface area contributed by atoms with Crippen LogP contribution in [0.2, 0.25) is 0 Å². The maximum absolute atomic E-state index is 5.63. The molecular formula is C25H26BrNO2. The summed E-state index contributed by atoms with van der Waals surface area (Å²) in [6.45, 7) is 8.01. The molecule has 0 radical (unpaired) electrons. The first-order valence-electron chi connectivity index (χ1n) is 9.91. The van der Waals surface area contributed by atoms with Crippen LogP contribution in [0.1, 0.15) is 38.2 Å². The monoisotopic (exact) mass is 451 g/mol. The Bertz CT molecular complexity index is 938. The van der Waals surface area contributed by atoms with Gasteiger partial charge in [-0.2, -0.15) is 0 Å². The Hall–Kier alpha value is -2.14. The molecular weight excluding hydrogens is 426 g/mol. The van der Waals surface area contributed by atoms with E-state index in [-0.39, 0.29) is 11.7 Å². The van der Waals surface area contributed by atoms with E-state index in [0.29, 0.717) is 13.2 Å². The van der Waals surface area contributed by atoms with Crippen LogP contribution in [0.15, 0.2) is 77.3 Å². The van der Waals surface area contributed by atoms with Gasteiger partial charge in [-0.15, -0.1) is 0 Å². The van der Waals surface area contributed by atoms with Gasteiger partial charge < -0.3 is 14.4 Å². The smallest absolute Gasteiger partial charge is 0.184 e. The highest BCUT2D eigenvalue weighted by Crippen LogP contribution is 2.37. The Balaban J connectivity index is 1.71. The number of benzene rings is 3. The average Bonchev–Trinajstić information content (AvgIpc) is 3.25. The summed E-state index contributed by atoms with van der Waals surface area (Å²) in [5.41, 5.74) is 5.83. The van der Waals surface area contributed by atoms with Gasteiger partial charge in [0.05, 0.1) is 13.2 Å². The first kappa shape index (κ1) is 20.1. The highest BCUT2D eigenvalue weighted by atomic mass is 79.9. The van der Waals surface area contributed by atoms with E-state index in [4.69, 9.17) is 9.47 Å². The van der Waals surface area contributed by atoms with Crippen LogP contribution in [-0.2, 0) is 14.9 Å². The summed E-state index contributed by atoms with van der Waals surface area (Å²) < 4.78 is 12.3. The molecule has 0 amide bonds. The van der Waals surface area contributed by atoms with Crippen molar-refractivity contribution in [2.24, 2.45) is 0 Å². The molecule has 3 aromatic carbocycles. The predicted octanol–water partition coefficient (Wildman–Crippen LogP) is 7.26. The Labute approximate surface area is 181 Å². The molecule has 3 nitrogen and oxygen atoms in total. The van der Waals surface area contributed by atoms with Gasteiger partial charge in [-0.25, -0.2) is 0 Å². The standard InChI is InChI=1S/C25H26BrNO2/c1-25(2,3)19-6-12-22(13-7-19)27(23-14-8-20(26)9-15-23)21-10-4-18(5-11-21)24-28-16-17-29-24/h4-15,24H,16-17H2,1-3H3. The van der Waals surface area contributed by atoms with Crippen LogP contribution in [-0.4, -0.2) is 13.2 Å². The normalized spacial score (nSPS) is 14.9. The fourth-order valence-corrected chi connectivity index (χ4v) is 3.74. The van der Waals surface area contributed by atoms with Crippen LogP contribution in [0.5, 0.6) is 0 Å². The van der Waals surface area contributed by atoms with E-state index in [1.54, 1.807) is 0 Å². The van der Waals surface area contributed by atoms with E-state index in [0.717, 1.165) is 27.1 Å².